The van der Waals surface area contributed by atoms with Crippen molar-refractivity contribution in [2.24, 2.45) is 11.0 Å². The average Bonchev–Trinajstić information content (AvgIpc) is 2.97. The Bertz CT molecular complexity index is 905. The van der Waals surface area contributed by atoms with Crippen LogP contribution in [0.2, 0.25) is 0 Å². The first-order chi connectivity index (χ1) is 13.0. The number of carbonyl (C=O) groups excluding carboxylic acids is 3. The summed E-state index contributed by atoms with van der Waals surface area (Å²) in [5, 5.41) is 5.53. The van der Waals surface area contributed by atoms with Gasteiger partial charge < -0.3 is 4.74 Å². The smallest absolute Gasteiger partial charge is 0.338 e. The molecule has 6 nitrogen and oxygen atoms in total. The Kier molecular flexibility index (Phi) is 5.45. The Labute approximate surface area is 157 Å². The van der Waals surface area contributed by atoms with E-state index in [-0.39, 0.29) is 24.7 Å². The van der Waals surface area contributed by atoms with Crippen molar-refractivity contribution in [2.75, 3.05) is 11.6 Å². The number of hydrazone groups is 1. The maximum atomic E-state index is 12.8. The molecule has 1 aliphatic heterocycles. The second kappa shape index (κ2) is 7.95. The van der Waals surface area contributed by atoms with Gasteiger partial charge in [0.25, 0.3) is 5.91 Å². The van der Waals surface area contributed by atoms with Crippen molar-refractivity contribution < 1.29 is 19.1 Å². The molecule has 2 aromatic rings. The summed E-state index contributed by atoms with van der Waals surface area (Å²) in [5.74, 6) is -1.95. The third-order valence-electron chi connectivity index (χ3n) is 4.27. The topological polar surface area (TPSA) is 76.0 Å². The zero-order valence-corrected chi connectivity index (χ0v) is 15.2. The Balaban J connectivity index is 1.75. The lowest BCUT2D eigenvalue weighted by Crippen LogP contribution is -2.33. The van der Waals surface area contributed by atoms with E-state index in [4.69, 9.17) is 4.74 Å². The standard InChI is InChI=1S/C21H20N2O4/c1-3-27-21(26)16-9-7-8-15(12-16)13-18(24)19-14(2)22-23(20(19)25)17-10-5-4-6-11-17/h4-12,19H,3,13H2,1-2H3. The number of nitrogens with zero attached hydrogens (tertiary/aromatic N) is 2. The van der Waals surface area contributed by atoms with Gasteiger partial charge in [-0.3, -0.25) is 9.59 Å². The van der Waals surface area contributed by atoms with Gasteiger partial charge >= 0.3 is 5.97 Å². The number of amides is 1. The fourth-order valence-corrected chi connectivity index (χ4v) is 3.02. The number of ketones is 1. The second-order valence-electron chi connectivity index (χ2n) is 6.22. The minimum atomic E-state index is -0.906. The molecule has 0 N–H and O–H groups in total. The van der Waals surface area contributed by atoms with Crippen LogP contribution in [0.1, 0.15) is 29.8 Å². The summed E-state index contributed by atoms with van der Waals surface area (Å²) >= 11 is 0. The third kappa shape index (κ3) is 3.95. The van der Waals surface area contributed by atoms with Gasteiger partial charge in [0.2, 0.25) is 0 Å². The molecule has 1 heterocycles. The van der Waals surface area contributed by atoms with Crippen molar-refractivity contribution >= 4 is 29.1 Å². The molecule has 0 radical (unpaired) electrons. The minimum absolute atomic E-state index is 0.0408. The van der Waals surface area contributed by atoms with E-state index in [9.17, 15) is 14.4 Å². The van der Waals surface area contributed by atoms with Gasteiger partial charge in [-0.15, -0.1) is 0 Å². The zero-order chi connectivity index (χ0) is 19.4. The number of Topliss-reactive ketones (excluding diaryl/α,β-unsaturated/α-hetero) is 1. The molecule has 0 aliphatic carbocycles. The Morgan fingerprint density at radius 2 is 1.85 bits per heavy atom. The van der Waals surface area contributed by atoms with Gasteiger partial charge in [0.15, 0.2) is 5.78 Å². The number of rotatable bonds is 6. The third-order valence-corrected chi connectivity index (χ3v) is 4.27. The van der Waals surface area contributed by atoms with Gasteiger partial charge in [0, 0.05) is 6.42 Å². The van der Waals surface area contributed by atoms with Gasteiger partial charge in [-0.05, 0) is 43.7 Å². The van der Waals surface area contributed by atoms with Gasteiger partial charge in [-0.2, -0.15) is 10.1 Å². The minimum Gasteiger partial charge on any atom is -0.462 e. The van der Waals surface area contributed by atoms with Gasteiger partial charge in [-0.1, -0.05) is 30.3 Å². The van der Waals surface area contributed by atoms with Crippen LogP contribution in [0.4, 0.5) is 5.69 Å². The van der Waals surface area contributed by atoms with E-state index < -0.39 is 11.9 Å². The number of hydrogen-bond acceptors (Lipinski definition) is 5. The summed E-state index contributed by atoms with van der Waals surface area (Å²) in [4.78, 5) is 37.4. The number of benzene rings is 2. The molecule has 0 saturated heterocycles. The summed E-state index contributed by atoms with van der Waals surface area (Å²) in [7, 11) is 0. The van der Waals surface area contributed by atoms with Crippen LogP contribution in [0, 0.1) is 5.92 Å². The first-order valence-corrected chi connectivity index (χ1v) is 8.74. The lowest BCUT2D eigenvalue weighted by atomic mass is 9.93. The highest BCUT2D eigenvalue weighted by molar-refractivity contribution is 6.27. The fourth-order valence-electron chi connectivity index (χ4n) is 3.02. The van der Waals surface area contributed by atoms with Crippen molar-refractivity contribution in [1.29, 1.82) is 0 Å². The summed E-state index contributed by atoms with van der Waals surface area (Å²) in [6, 6.07) is 15.7. The molecule has 6 heteroatoms. The SMILES string of the molecule is CCOC(=O)c1cccc(CC(=O)C2C(=O)N(c3ccccc3)N=C2C)c1. The molecule has 27 heavy (non-hydrogen) atoms. The predicted molar refractivity (Wildman–Crippen MR) is 102 cm³/mol. The molecule has 0 bridgehead atoms. The largest absolute Gasteiger partial charge is 0.462 e. The van der Waals surface area contributed by atoms with Crippen molar-refractivity contribution in [2.45, 2.75) is 20.3 Å². The summed E-state index contributed by atoms with van der Waals surface area (Å²) in [6.07, 6.45) is 0.0408. The summed E-state index contributed by atoms with van der Waals surface area (Å²) in [6.45, 7) is 3.69. The summed E-state index contributed by atoms with van der Waals surface area (Å²) in [5.41, 5.74) is 2.14. The van der Waals surface area contributed by atoms with Crippen LogP contribution in [0.15, 0.2) is 59.7 Å². The van der Waals surface area contributed by atoms with E-state index >= 15 is 0 Å². The molecule has 3 rings (SSSR count). The van der Waals surface area contributed by atoms with E-state index in [2.05, 4.69) is 5.10 Å². The van der Waals surface area contributed by atoms with Crippen molar-refractivity contribution in [1.82, 2.24) is 0 Å². The second-order valence-corrected chi connectivity index (χ2v) is 6.22. The van der Waals surface area contributed by atoms with Crippen molar-refractivity contribution in [3.05, 3.63) is 65.7 Å². The molecule has 0 spiro atoms. The normalized spacial score (nSPS) is 16.2. The monoisotopic (exact) mass is 364 g/mol. The van der Waals surface area contributed by atoms with Crippen LogP contribution >= 0.6 is 0 Å². The number of para-hydroxylation sites is 1. The molecular weight excluding hydrogens is 344 g/mol. The summed E-state index contributed by atoms with van der Waals surface area (Å²) < 4.78 is 4.98. The van der Waals surface area contributed by atoms with Crippen LogP contribution < -0.4 is 5.01 Å². The number of hydrogen-bond donors (Lipinski definition) is 0. The van der Waals surface area contributed by atoms with E-state index in [1.54, 1.807) is 50.2 Å². The fraction of sp³-hybridized carbons (Fsp3) is 0.238. The van der Waals surface area contributed by atoms with E-state index in [1.807, 2.05) is 18.2 Å². The highest BCUT2D eigenvalue weighted by Gasteiger charge is 2.39. The highest BCUT2D eigenvalue weighted by atomic mass is 16.5. The van der Waals surface area contributed by atoms with Crippen LogP contribution in [0.25, 0.3) is 0 Å². The molecule has 2 aromatic carbocycles. The molecule has 1 amide bonds. The highest BCUT2D eigenvalue weighted by Crippen LogP contribution is 2.25. The van der Waals surface area contributed by atoms with Gasteiger partial charge in [-0.25, -0.2) is 4.79 Å². The Morgan fingerprint density at radius 3 is 2.56 bits per heavy atom. The van der Waals surface area contributed by atoms with Crippen LogP contribution in [-0.4, -0.2) is 30.0 Å². The number of anilines is 1. The molecule has 138 valence electrons. The van der Waals surface area contributed by atoms with E-state index in [1.165, 1.54) is 5.01 Å². The Morgan fingerprint density at radius 1 is 1.11 bits per heavy atom. The number of carbonyl (C=O) groups is 3. The number of esters is 1. The van der Waals surface area contributed by atoms with E-state index in [0.717, 1.165) is 0 Å². The van der Waals surface area contributed by atoms with Crippen molar-refractivity contribution in [3.63, 3.8) is 0 Å². The zero-order valence-electron chi connectivity index (χ0n) is 15.2. The Hall–Kier alpha value is -3.28. The maximum absolute atomic E-state index is 12.8. The maximum Gasteiger partial charge on any atom is 0.338 e. The molecule has 0 saturated carbocycles. The molecule has 0 aromatic heterocycles. The van der Waals surface area contributed by atoms with Gasteiger partial charge in [0.05, 0.1) is 23.6 Å². The van der Waals surface area contributed by atoms with Gasteiger partial charge in [0.1, 0.15) is 5.92 Å². The van der Waals surface area contributed by atoms with Crippen LogP contribution in [0.5, 0.6) is 0 Å². The number of ether oxygens (including phenoxy) is 1. The molecular formula is C21H20N2O4. The van der Waals surface area contributed by atoms with Crippen LogP contribution in [0.3, 0.4) is 0 Å². The lowest BCUT2D eigenvalue weighted by molar-refractivity contribution is -0.128. The first kappa shape index (κ1) is 18.5. The van der Waals surface area contributed by atoms with Crippen LogP contribution in [-0.2, 0) is 20.7 Å². The molecule has 1 atom stereocenters. The quantitative estimate of drug-likeness (QED) is 0.583. The molecule has 1 unspecified atom stereocenters. The average molecular weight is 364 g/mol. The molecule has 1 aliphatic rings. The lowest BCUT2D eigenvalue weighted by Gasteiger charge is -2.14. The van der Waals surface area contributed by atoms with E-state index in [0.29, 0.717) is 22.5 Å². The molecule has 0 fully saturated rings. The predicted octanol–water partition coefficient (Wildman–Crippen LogP) is 3.01. The first-order valence-electron chi connectivity index (χ1n) is 8.74. The van der Waals surface area contributed by atoms with Crippen molar-refractivity contribution in [3.8, 4) is 0 Å².